The average Bonchev–Trinajstić information content (AvgIpc) is 2.63. The summed E-state index contributed by atoms with van der Waals surface area (Å²) >= 11 is 5.89. The zero-order chi connectivity index (χ0) is 18.7. The monoisotopic (exact) mass is 394 g/mol. The molecule has 0 bridgehead atoms. The minimum atomic E-state index is -3.41. The van der Waals surface area contributed by atoms with E-state index in [9.17, 15) is 8.42 Å². The van der Waals surface area contributed by atoms with E-state index in [1.807, 2.05) is 31.3 Å². The molecule has 140 valence electrons. The quantitative estimate of drug-likeness (QED) is 0.781. The largest absolute Gasteiger partial charge is 0.496 e. The molecular weight excluding hydrogens is 372 g/mol. The zero-order valence-corrected chi connectivity index (χ0v) is 16.5. The summed E-state index contributed by atoms with van der Waals surface area (Å²) in [6.07, 6.45) is 0. The molecular formula is C19H23ClN2O3S. The summed E-state index contributed by atoms with van der Waals surface area (Å²) in [5, 5.41) is 0.599. The molecule has 1 aliphatic rings. The van der Waals surface area contributed by atoms with Crippen molar-refractivity contribution in [3.63, 3.8) is 0 Å². The molecule has 5 nitrogen and oxygen atoms in total. The van der Waals surface area contributed by atoms with Crippen LogP contribution in [0.15, 0.2) is 48.5 Å². The van der Waals surface area contributed by atoms with Gasteiger partial charge in [-0.3, -0.25) is 4.90 Å². The fourth-order valence-electron chi connectivity index (χ4n) is 3.26. The maximum Gasteiger partial charge on any atom is 0.218 e. The van der Waals surface area contributed by atoms with Gasteiger partial charge in [0.05, 0.1) is 18.9 Å². The molecule has 1 heterocycles. The first-order valence-electron chi connectivity index (χ1n) is 8.46. The average molecular weight is 395 g/mol. The van der Waals surface area contributed by atoms with E-state index in [1.165, 1.54) is 0 Å². The van der Waals surface area contributed by atoms with Crippen molar-refractivity contribution in [2.24, 2.45) is 0 Å². The highest BCUT2D eigenvalue weighted by Crippen LogP contribution is 2.32. The fraction of sp³-hybridized carbons (Fsp3) is 0.368. The van der Waals surface area contributed by atoms with Crippen LogP contribution >= 0.6 is 11.6 Å². The van der Waals surface area contributed by atoms with Gasteiger partial charge in [-0.2, -0.15) is 4.31 Å². The van der Waals surface area contributed by atoms with Crippen LogP contribution in [-0.2, 0) is 15.8 Å². The Morgan fingerprint density at radius 1 is 1.12 bits per heavy atom. The van der Waals surface area contributed by atoms with Crippen LogP contribution in [0.3, 0.4) is 0 Å². The Morgan fingerprint density at radius 2 is 1.81 bits per heavy atom. The lowest BCUT2D eigenvalue weighted by atomic mass is 10.0. The molecule has 0 radical (unpaired) electrons. The standard InChI is InChI=1S/C19H23ClN2O3S/c1-21-11-12-22(13-18(21)17-5-3-4-6-19(17)25-2)26(23,24)14-15-7-9-16(20)10-8-15/h3-10,18H,11-14H2,1-2H3. The van der Waals surface area contributed by atoms with Gasteiger partial charge in [-0.1, -0.05) is 41.9 Å². The lowest BCUT2D eigenvalue weighted by Crippen LogP contribution is -2.49. The van der Waals surface area contributed by atoms with Crippen LogP contribution in [0.2, 0.25) is 5.02 Å². The smallest absolute Gasteiger partial charge is 0.218 e. The highest BCUT2D eigenvalue weighted by molar-refractivity contribution is 7.88. The second kappa shape index (κ2) is 7.96. The first kappa shape index (κ1) is 19.2. The van der Waals surface area contributed by atoms with Crippen molar-refractivity contribution in [2.75, 3.05) is 33.8 Å². The third-order valence-electron chi connectivity index (χ3n) is 4.76. The van der Waals surface area contributed by atoms with Crippen LogP contribution in [0.25, 0.3) is 0 Å². The summed E-state index contributed by atoms with van der Waals surface area (Å²) in [4.78, 5) is 2.17. The number of para-hydroxylation sites is 1. The molecule has 0 aromatic heterocycles. The highest BCUT2D eigenvalue weighted by atomic mass is 35.5. The van der Waals surface area contributed by atoms with E-state index in [4.69, 9.17) is 16.3 Å². The Bertz CT molecular complexity index is 855. The topological polar surface area (TPSA) is 49.9 Å². The summed E-state index contributed by atoms with van der Waals surface area (Å²) in [5.74, 6) is 0.758. The first-order valence-corrected chi connectivity index (χ1v) is 10.4. The molecule has 7 heteroatoms. The van der Waals surface area contributed by atoms with Crippen LogP contribution in [-0.4, -0.2) is 51.4 Å². The van der Waals surface area contributed by atoms with Gasteiger partial charge in [-0.15, -0.1) is 0 Å². The molecule has 0 saturated carbocycles. The lowest BCUT2D eigenvalue weighted by Gasteiger charge is -2.39. The third-order valence-corrected chi connectivity index (χ3v) is 6.83. The molecule has 0 N–H and O–H groups in total. The molecule has 0 aliphatic carbocycles. The molecule has 1 saturated heterocycles. The Hall–Kier alpha value is -1.60. The van der Waals surface area contributed by atoms with E-state index in [-0.39, 0.29) is 11.8 Å². The number of ether oxygens (including phenoxy) is 1. The van der Waals surface area contributed by atoms with Crippen molar-refractivity contribution in [1.82, 2.24) is 9.21 Å². The number of benzene rings is 2. The van der Waals surface area contributed by atoms with E-state index in [1.54, 1.807) is 35.7 Å². The van der Waals surface area contributed by atoms with Crippen LogP contribution in [0.1, 0.15) is 17.2 Å². The van der Waals surface area contributed by atoms with Crippen LogP contribution in [0.4, 0.5) is 0 Å². The molecule has 0 spiro atoms. The van der Waals surface area contributed by atoms with Crippen molar-refractivity contribution < 1.29 is 13.2 Å². The molecule has 0 amide bonds. The number of piperazine rings is 1. The van der Waals surface area contributed by atoms with Crippen LogP contribution in [0, 0.1) is 0 Å². The minimum absolute atomic E-state index is 0.0213. The van der Waals surface area contributed by atoms with Gasteiger partial charge in [0.2, 0.25) is 10.0 Å². The van der Waals surface area contributed by atoms with Gasteiger partial charge in [0.15, 0.2) is 0 Å². The maximum absolute atomic E-state index is 12.9. The number of likely N-dealkylation sites (N-methyl/N-ethyl adjacent to an activating group) is 1. The molecule has 1 aliphatic heterocycles. The lowest BCUT2D eigenvalue weighted by molar-refractivity contribution is 0.145. The summed E-state index contributed by atoms with van der Waals surface area (Å²) in [5.41, 5.74) is 1.74. The second-order valence-electron chi connectivity index (χ2n) is 6.48. The van der Waals surface area contributed by atoms with Crippen LogP contribution < -0.4 is 4.74 Å². The first-order chi connectivity index (χ1) is 12.4. The predicted octanol–water partition coefficient (Wildman–Crippen LogP) is 3.17. The molecule has 1 unspecified atom stereocenters. The van der Waals surface area contributed by atoms with Crippen molar-refractivity contribution >= 4 is 21.6 Å². The van der Waals surface area contributed by atoms with Gasteiger partial charge >= 0.3 is 0 Å². The third kappa shape index (κ3) is 4.20. The minimum Gasteiger partial charge on any atom is -0.496 e. The number of hydrogen-bond donors (Lipinski definition) is 0. The van der Waals surface area contributed by atoms with E-state index in [0.29, 0.717) is 24.7 Å². The number of hydrogen-bond acceptors (Lipinski definition) is 4. The Kier molecular flexibility index (Phi) is 5.87. The van der Waals surface area contributed by atoms with Crippen molar-refractivity contribution in [1.29, 1.82) is 0 Å². The number of sulfonamides is 1. The van der Waals surface area contributed by atoms with E-state index < -0.39 is 10.0 Å². The van der Waals surface area contributed by atoms with Crippen molar-refractivity contribution in [3.05, 3.63) is 64.7 Å². The van der Waals surface area contributed by atoms with Gasteiger partial charge in [0, 0.05) is 30.2 Å². The van der Waals surface area contributed by atoms with Crippen molar-refractivity contribution in [2.45, 2.75) is 11.8 Å². The summed E-state index contributed by atoms with van der Waals surface area (Å²) in [6.45, 7) is 1.56. The van der Waals surface area contributed by atoms with Crippen molar-refractivity contribution in [3.8, 4) is 5.75 Å². The molecule has 26 heavy (non-hydrogen) atoms. The summed E-state index contributed by atoms with van der Waals surface area (Å²) < 4.78 is 32.9. The number of methoxy groups -OCH3 is 1. The zero-order valence-electron chi connectivity index (χ0n) is 14.9. The summed E-state index contributed by atoms with van der Waals surface area (Å²) in [7, 11) is 0.239. The maximum atomic E-state index is 12.9. The number of nitrogens with zero attached hydrogens (tertiary/aromatic N) is 2. The van der Waals surface area contributed by atoms with Gasteiger partial charge < -0.3 is 4.74 Å². The number of halogens is 1. The predicted molar refractivity (Wildman–Crippen MR) is 104 cm³/mol. The van der Waals surface area contributed by atoms with E-state index in [0.717, 1.165) is 16.9 Å². The molecule has 1 atom stereocenters. The Balaban J connectivity index is 1.81. The Morgan fingerprint density at radius 3 is 2.50 bits per heavy atom. The van der Waals surface area contributed by atoms with Crippen LogP contribution in [0.5, 0.6) is 5.75 Å². The molecule has 1 fully saturated rings. The molecule has 2 aromatic carbocycles. The van der Waals surface area contributed by atoms with E-state index in [2.05, 4.69) is 4.90 Å². The van der Waals surface area contributed by atoms with Gasteiger partial charge in [-0.25, -0.2) is 8.42 Å². The second-order valence-corrected chi connectivity index (χ2v) is 8.88. The number of rotatable bonds is 5. The highest BCUT2D eigenvalue weighted by Gasteiger charge is 2.33. The molecule has 3 rings (SSSR count). The van der Waals surface area contributed by atoms with Gasteiger partial charge in [0.25, 0.3) is 0 Å². The Labute approximate surface area is 160 Å². The van der Waals surface area contributed by atoms with E-state index >= 15 is 0 Å². The normalized spacial score (nSPS) is 19.4. The molecule has 2 aromatic rings. The fourth-order valence-corrected chi connectivity index (χ4v) is 4.91. The SMILES string of the molecule is COc1ccccc1C1CN(S(=O)(=O)Cc2ccc(Cl)cc2)CCN1C. The van der Waals surface area contributed by atoms with Gasteiger partial charge in [0.1, 0.15) is 5.75 Å². The summed E-state index contributed by atoms with van der Waals surface area (Å²) in [6, 6.07) is 14.7. The van der Waals surface area contributed by atoms with Gasteiger partial charge in [-0.05, 0) is 30.8 Å².